The van der Waals surface area contributed by atoms with E-state index in [0.717, 1.165) is 0 Å². The molecule has 1 unspecified atom stereocenters. The Morgan fingerprint density at radius 1 is 1.44 bits per heavy atom. The van der Waals surface area contributed by atoms with Gasteiger partial charge in [0.05, 0.1) is 18.7 Å². The molecule has 1 aromatic heterocycles. The molecule has 0 aliphatic carbocycles. The second-order valence-corrected chi connectivity index (χ2v) is 3.52. The van der Waals surface area contributed by atoms with E-state index in [9.17, 15) is 13.2 Å². The molecular formula is C10H14F3N3O2. The van der Waals surface area contributed by atoms with Gasteiger partial charge in [-0.15, -0.1) is 0 Å². The molecule has 0 aliphatic rings. The van der Waals surface area contributed by atoms with E-state index in [0.29, 0.717) is 18.1 Å². The van der Waals surface area contributed by atoms with Gasteiger partial charge in [-0.3, -0.25) is 0 Å². The highest BCUT2D eigenvalue weighted by atomic mass is 19.4. The standard InChI is InChI=1S/C10H14F3N3O2/c1-3-18-9-6(2)8(15-5-16-9)14-4-7(17)10(11,12)13/h5,7,17H,3-4H2,1-2H3,(H,14,15,16). The van der Waals surface area contributed by atoms with Crippen molar-refractivity contribution in [2.24, 2.45) is 0 Å². The Bertz CT molecular complexity index is 398. The summed E-state index contributed by atoms with van der Waals surface area (Å²) < 4.78 is 41.5. The normalized spacial score (nSPS) is 13.2. The minimum atomic E-state index is -4.66. The average molecular weight is 265 g/mol. The van der Waals surface area contributed by atoms with Crippen LogP contribution in [0.2, 0.25) is 0 Å². The van der Waals surface area contributed by atoms with E-state index in [1.165, 1.54) is 6.33 Å². The lowest BCUT2D eigenvalue weighted by molar-refractivity contribution is -0.198. The first-order chi connectivity index (χ1) is 8.36. The van der Waals surface area contributed by atoms with Crippen LogP contribution in [-0.4, -0.2) is 40.5 Å². The summed E-state index contributed by atoms with van der Waals surface area (Å²) in [7, 11) is 0. The van der Waals surface area contributed by atoms with Crippen LogP contribution in [0.25, 0.3) is 0 Å². The summed E-state index contributed by atoms with van der Waals surface area (Å²) in [6.07, 6.45) is -5.92. The molecule has 0 radical (unpaired) electrons. The van der Waals surface area contributed by atoms with Crippen molar-refractivity contribution in [3.05, 3.63) is 11.9 Å². The molecule has 0 aromatic carbocycles. The Labute approximate surface area is 102 Å². The number of anilines is 1. The van der Waals surface area contributed by atoms with Gasteiger partial charge in [0.25, 0.3) is 0 Å². The molecular weight excluding hydrogens is 251 g/mol. The van der Waals surface area contributed by atoms with Gasteiger partial charge in [-0.2, -0.15) is 13.2 Å². The number of hydrogen-bond acceptors (Lipinski definition) is 5. The number of aliphatic hydroxyl groups excluding tert-OH is 1. The van der Waals surface area contributed by atoms with Crippen LogP contribution in [0.5, 0.6) is 5.88 Å². The molecule has 1 heterocycles. The highest BCUT2D eigenvalue weighted by Crippen LogP contribution is 2.23. The van der Waals surface area contributed by atoms with Crippen molar-refractivity contribution in [3.8, 4) is 5.88 Å². The number of alkyl halides is 3. The van der Waals surface area contributed by atoms with Gasteiger partial charge < -0.3 is 15.2 Å². The summed E-state index contributed by atoms with van der Waals surface area (Å²) in [5.74, 6) is 0.508. The maximum absolute atomic E-state index is 12.1. The zero-order valence-electron chi connectivity index (χ0n) is 9.95. The SMILES string of the molecule is CCOc1ncnc(NCC(O)C(F)(F)F)c1C. The third-order valence-corrected chi connectivity index (χ3v) is 2.16. The fourth-order valence-electron chi connectivity index (χ4n) is 1.20. The largest absolute Gasteiger partial charge is 0.478 e. The number of ether oxygens (including phenoxy) is 1. The van der Waals surface area contributed by atoms with Crippen LogP contribution in [-0.2, 0) is 0 Å². The molecule has 1 aromatic rings. The number of nitrogens with zero attached hydrogens (tertiary/aromatic N) is 2. The van der Waals surface area contributed by atoms with Crippen molar-refractivity contribution >= 4 is 5.82 Å². The molecule has 8 heteroatoms. The molecule has 102 valence electrons. The Balaban J connectivity index is 2.71. The second-order valence-electron chi connectivity index (χ2n) is 3.52. The first-order valence-corrected chi connectivity index (χ1v) is 5.29. The summed E-state index contributed by atoms with van der Waals surface area (Å²) >= 11 is 0. The number of rotatable bonds is 5. The van der Waals surface area contributed by atoms with Crippen molar-refractivity contribution in [2.75, 3.05) is 18.5 Å². The minimum Gasteiger partial charge on any atom is -0.478 e. The van der Waals surface area contributed by atoms with Gasteiger partial charge in [0.15, 0.2) is 6.10 Å². The van der Waals surface area contributed by atoms with Crippen molar-refractivity contribution < 1.29 is 23.0 Å². The van der Waals surface area contributed by atoms with E-state index in [1.807, 2.05) is 0 Å². The second kappa shape index (κ2) is 5.85. The topological polar surface area (TPSA) is 67.3 Å². The zero-order valence-corrected chi connectivity index (χ0v) is 9.95. The molecule has 18 heavy (non-hydrogen) atoms. The van der Waals surface area contributed by atoms with Crippen molar-refractivity contribution in [2.45, 2.75) is 26.1 Å². The van der Waals surface area contributed by atoms with Crippen LogP contribution in [0.4, 0.5) is 19.0 Å². The molecule has 1 rings (SSSR count). The van der Waals surface area contributed by atoms with E-state index < -0.39 is 18.8 Å². The van der Waals surface area contributed by atoms with E-state index in [-0.39, 0.29) is 5.82 Å². The third-order valence-electron chi connectivity index (χ3n) is 2.16. The van der Waals surface area contributed by atoms with Gasteiger partial charge in [-0.1, -0.05) is 0 Å². The van der Waals surface area contributed by atoms with Gasteiger partial charge >= 0.3 is 6.18 Å². The van der Waals surface area contributed by atoms with Crippen molar-refractivity contribution in [3.63, 3.8) is 0 Å². The van der Waals surface area contributed by atoms with E-state index >= 15 is 0 Å². The molecule has 0 spiro atoms. The number of nitrogens with one attached hydrogen (secondary N) is 1. The Morgan fingerprint density at radius 2 is 2.11 bits per heavy atom. The van der Waals surface area contributed by atoms with E-state index in [1.54, 1.807) is 13.8 Å². The smallest absolute Gasteiger partial charge is 0.416 e. The fraction of sp³-hybridized carbons (Fsp3) is 0.600. The third kappa shape index (κ3) is 3.73. The lowest BCUT2D eigenvalue weighted by Crippen LogP contribution is -2.35. The van der Waals surface area contributed by atoms with Crippen molar-refractivity contribution in [1.29, 1.82) is 0 Å². The first-order valence-electron chi connectivity index (χ1n) is 5.29. The van der Waals surface area contributed by atoms with E-state index in [2.05, 4.69) is 15.3 Å². The number of hydrogen-bond donors (Lipinski definition) is 2. The van der Waals surface area contributed by atoms with Crippen LogP contribution in [0.3, 0.4) is 0 Å². The predicted molar refractivity (Wildman–Crippen MR) is 58.5 cm³/mol. The Hall–Kier alpha value is -1.57. The summed E-state index contributed by atoms with van der Waals surface area (Å²) in [5.41, 5.74) is 0.494. The molecule has 2 N–H and O–H groups in total. The highest BCUT2D eigenvalue weighted by Gasteiger charge is 2.38. The molecule has 0 saturated heterocycles. The maximum atomic E-state index is 12.1. The van der Waals surface area contributed by atoms with Gasteiger partial charge in [0.2, 0.25) is 5.88 Å². The lowest BCUT2D eigenvalue weighted by atomic mass is 10.3. The van der Waals surface area contributed by atoms with Gasteiger partial charge in [0, 0.05) is 0 Å². The zero-order chi connectivity index (χ0) is 13.8. The van der Waals surface area contributed by atoms with Crippen LogP contribution >= 0.6 is 0 Å². The van der Waals surface area contributed by atoms with Gasteiger partial charge in [0.1, 0.15) is 12.1 Å². The van der Waals surface area contributed by atoms with Crippen LogP contribution in [0, 0.1) is 6.92 Å². The molecule has 0 bridgehead atoms. The summed E-state index contributed by atoms with van der Waals surface area (Å²) in [5, 5.41) is 11.3. The van der Waals surface area contributed by atoms with Gasteiger partial charge in [-0.25, -0.2) is 9.97 Å². The molecule has 0 amide bonds. The summed E-state index contributed by atoms with van der Waals surface area (Å²) in [6, 6.07) is 0. The first kappa shape index (κ1) is 14.5. The van der Waals surface area contributed by atoms with Crippen molar-refractivity contribution in [1.82, 2.24) is 9.97 Å². The van der Waals surface area contributed by atoms with Crippen LogP contribution < -0.4 is 10.1 Å². The Morgan fingerprint density at radius 3 is 2.67 bits per heavy atom. The fourth-order valence-corrected chi connectivity index (χ4v) is 1.20. The lowest BCUT2D eigenvalue weighted by Gasteiger charge is -2.16. The Kier molecular flexibility index (Phi) is 4.71. The monoisotopic (exact) mass is 265 g/mol. The number of aromatic nitrogens is 2. The molecule has 0 saturated carbocycles. The quantitative estimate of drug-likeness (QED) is 0.845. The molecule has 0 aliphatic heterocycles. The average Bonchev–Trinajstić information content (AvgIpc) is 2.29. The summed E-state index contributed by atoms with van der Waals surface area (Å²) in [6.45, 7) is 3.10. The predicted octanol–water partition coefficient (Wildman–Crippen LogP) is 1.52. The maximum Gasteiger partial charge on any atom is 0.416 e. The van der Waals surface area contributed by atoms with E-state index in [4.69, 9.17) is 9.84 Å². The van der Waals surface area contributed by atoms with Gasteiger partial charge in [-0.05, 0) is 13.8 Å². The number of halogens is 3. The molecule has 5 nitrogen and oxygen atoms in total. The summed E-state index contributed by atoms with van der Waals surface area (Å²) in [4.78, 5) is 7.64. The molecule has 0 fully saturated rings. The number of aliphatic hydroxyl groups is 1. The highest BCUT2D eigenvalue weighted by molar-refractivity contribution is 5.47. The van der Waals surface area contributed by atoms with Crippen LogP contribution in [0.15, 0.2) is 6.33 Å². The minimum absolute atomic E-state index is 0.205. The molecule has 1 atom stereocenters. The van der Waals surface area contributed by atoms with Crippen LogP contribution in [0.1, 0.15) is 12.5 Å².